The maximum absolute atomic E-state index is 11.9. The van der Waals surface area contributed by atoms with Crippen LogP contribution in [0, 0.1) is 5.92 Å². The van der Waals surface area contributed by atoms with Gasteiger partial charge in [0.2, 0.25) is 5.91 Å². The fraction of sp³-hybridized carbons (Fsp3) is 0.467. The Balaban J connectivity index is 2.11. The number of nitrogens with one attached hydrogen (secondary N) is 1. The number of amides is 1. The van der Waals surface area contributed by atoms with Gasteiger partial charge in [-0.1, -0.05) is 6.07 Å². The molecule has 1 aliphatic rings. The Kier molecular flexibility index (Phi) is 5.16. The molecule has 0 saturated heterocycles. The lowest BCUT2D eigenvalue weighted by atomic mass is 9.94. The third kappa shape index (κ3) is 4.19. The van der Waals surface area contributed by atoms with Crippen LogP contribution in [-0.2, 0) is 22.6 Å². The minimum atomic E-state index is -0.958. The molecule has 0 saturated carbocycles. The highest BCUT2D eigenvalue weighted by Crippen LogP contribution is 2.24. The summed E-state index contributed by atoms with van der Waals surface area (Å²) < 4.78 is 5.58. The first kappa shape index (κ1) is 15.3. The minimum absolute atomic E-state index is 0.153. The van der Waals surface area contributed by atoms with Crippen LogP contribution in [-0.4, -0.2) is 30.1 Å². The third-order valence-corrected chi connectivity index (χ3v) is 3.51. The lowest BCUT2D eigenvalue weighted by molar-refractivity contribution is -0.141. The molecular formula is C15H20N2O4. The van der Waals surface area contributed by atoms with Crippen molar-refractivity contribution in [2.24, 2.45) is 11.7 Å². The van der Waals surface area contributed by atoms with Crippen LogP contribution in [0.5, 0.6) is 5.75 Å². The van der Waals surface area contributed by atoms with E-state index < -0.39 is 11.9 Å². The van der Waals surface area contributed by atoms with Crippen LogP contribution in [0.25, 0.3) is 0 Å². The quantitative estimate of drug-likeness (QED) is 0.669. The molecule has 1 heterocycles. The van der Waals surface area contributed by atoms with Crippen molar-refractivity contribution in [3.63, 3.8) is 0 Å². The second kappa shape index (κ2) is 7.08. The summed E-state index contributed by atoms with van der Waals surface area (Å²) in [4.78, 5) is 22.7. The van der Waals surface area contributed by atoms with Gasteiger partial charge in [0.05, 0.1) is 18.9 Å². The molecule has 6 heteroatoms. The smallest absolute Gasteiger partial charge is 0.304 e. The van der Waals surface area contributed by atoms with E-state index in [0.29, 0.717) is 26.1 Å². The van der Waals surface area contributed by atoms with Crippen LogP contribution in [0.1, 0.15) is 24.0 Å². The van der Waals surface area contributed by atoms with Crippen molar-refractivity contribution in [2.45, 2.75) is 25.8 Å². The molecule has 0 bridgehead atoms. The lowest BCUT2D eigenvalue weighted by Crippen LogP contribution is -2.30. The zero-order chi connectivity index (χ0) is 15.2. The van der Waals surface area contributed by atoms with Gasteiger partial charge in [0, 0.05) is 6.54 Å². The van der Waals surface area contributed by atoms with E-state index in [1.54, 1.807) is 0 Å². The summed E-state index contributed by atoms with van der Waals surface area (Å²) in [6.07, 6.45) is 1.07. The summed E-state index contributed by atoms with van der Waals surface area (Å²) in [5.41, 5.74) is 7.38. The van der Waals surface area contributed by atoms with E-state index in [-0.39, 0.29) is 12.3 Å². The summed E-state index contributed by atoms with van der Waals surface area (Å²) in [7, 11) is 0. The average Bonchev–Trinajstić information content (AvgIpc) is 2.59. The van der Waals surface area contributed by atoms with Crippen LogP contribution < -0.4 is 15.8 Å². The van der Waals surface area contributed by atoms with Crippen molar-refractivity contribution in [2.75, 3.05) is 13.2 Å². The first-order valence-electron chi connectivity index (χ1n) is 7.04. The van der Waals surface area contributed by atoms with Gasteiger partial charge < -0.3 is 20.9 Å². The van der Waals surface area contributed by atoms with Crippen LogP contribution in [0.3, 0.4) is 0 Å². The van der Waals surface area contributed by atoms with E-state index in [0.717, 1.165) is 23.3 Å². The zero-order valence-electron chi connectivity index (χ0n) is 11.8. The Morgan fingerprint density at radius 1 is 1.43 bits per heavy atom. The largest absolute Gasteiger partial charge is 0.494 e. The molecule has 1 aromatic carbocycles. The number of carbonyl (C=O) groups is 2. The van der Waals surface area contributed by atoms with E-state index in [4.69, 9.17) is 15.6 Å². The van der Waals surface area contributed by atoms with Gasteiger partial charge in [0.25, 0.3) is 0 Å². The second-order valence-electron chi connectivity index (χ2n) is 5.14. The van der Waals surface area contributed by atoms with E-state index in [1.807, 2.05) is 18.2 Å². The predicted molar refractivity (Wildman–Crippen MR) is 76.9 cm³/mol. The lowest BCUT2D eigenvalue weighted by Gasteiger charge is -2.11. The first-order chi connectivity index (χ1) is 10.1. The molecule has 1 aromatic rings. The standard InChI is InChI=1S/C15H20N2O4/c16-4-1-5-21-13-3-2-10-6-11(8-14(18)19)15(20)17-9-12(10)7-13/h2-3,7,11H,1,4-6,8-9,16H2,(H,17,20)(H,18,19). The van der Waals surface area contributed by atoms with Crippen LogP contribution >= 0.6 is 0 Å². The maximum atomic E-state index is 11.9. The van der Waals surface area contributed by atoms with Gasteiger partial charge >= 0.3 is 5.97 Å². The summed E-state index contributed by atoms with van der Waals surface area (Å²) >= 11 is 0. The highest BCUT2D eigenvalue weighted by Gasteiger charge is 2.26. The molecule has 4 N–H and O–H groups in total. The average molecular weight is 292 g/mol. The summed E-state index contributed by atoms with van der Waals surface area (Å²) in [5, 5.41) is 11.7. The molecular weight excluding hydrogens is 272 g/mol. The summed E-state index contributed by atoms with van der Waals surface area (Å²) in [5.74, 6) is -0.944. The van der Waals surface area contributed by atoms with E-state index in [2.05, 4.69) is 5.32 Å². The fourth-order valence-corrected chi connectivity index (χ4v) is 2.39. The molecule has 1 amide bonds. The summed E-state index contributed by atoms with van der Waals surface area (Å²) in [6.45, 7) is 1.54. The molecule has 0 aliphatic carbocycles. The number of carboxylic acids is 1. The van der Waals surface area contributed by atoms with Crippen molar-refractivity contribution < 1.29 is 19.4 Å². The van der Waals surface area contributed by atoms with Gasteiger partial charge in [-0.2, -0.15) is 0 Å². The molecule has 1 aliphatic heterocycles. The fourth-order valence-electron chi connectivity index (χ4n) is 2.39. The van der Waals surface area contributed by atoms with Gasteiger partial charge in [0.1, 0.15) is 5.75 Å². The number of carboxylic acid groups (broad SMARTS) is 1. The van der Waals surface area contributed by atoms with Crippen molar-refractivity contribution in [3.8, 4) is 5.75 Å². The Morgan fingerprint density at radius 2 is 2.24 bits per heavy atom. The molecule has 6 nitrogen and oxygen atoms in total. The number of hydrogen-bond acceptors (Lipinski definition) is 4. The van der Waals surface area contributed by atoms with Crippen molar-refractivity contribution >= 4 is 11.9 Å². The monoisotopic (exact) mass is 292 g/mol. The Morgan fingerprint density at radius 3 is 2.95 bits per heavy atom. The van der Waals surface area contributed by atoms with E-state index in [9.17, 15) is 9.59 Å². The van der Waals surface area contributed by atoms with Crippen molar-refractivity contribution in [1.82, 2.24) is 5.32 Å². The van der Waals surface area contributed by atoms with Gasteiger partial charge in [-0.25, -0.2) is 0 Å². The SMILES string of the molecule is NCCCOc1ccc2c(c1)CNC(=O)C(CC(=O)O)C2. The number of hydrogen-bond donors (Lipinski definition) is 3. The molecule has 114 valence electrons. The highest BCUT2D eigenvalue weighted by atomic mass is 16.5. The Labute approximate surface area is 123 Å². The van der Waals surface area contributed by atoms with Crippen LogP contribution in [0.15, 0.2) is 18.2 Å². The first-order valence-corrected chi connectivity index (χ1v) is 7.04. The number of carbonyl (C=O) groups excluding carboxylic acids is 1. The second-order valence-corrected chi connectivity index (χ2v) is 5.14. The number of benzene rings is 1. The number of ether oxygens (including phenoxy) is 1. The topological polar surface area (TPSA) is 102 Å². The Hall–Kier alpha value is -2.08. The van der Waals surface area contributed by atoms with Crippen LogP contribution in [0.2, 0.25) is 0 Å². The molecule has 0 radical (unpaired) electrons. The molecule has 0 spiro atoms. The number of nitrogens with two attached hydrogens (primary N) is 1. The molecule has 21 heavy (non-hydrogen) atoms. The molecule has 0 aromatic heterocycles. The van der Waals surface area contributed by atoms with Crippen molar-refractivity contribution in [3.05, 3.63) is 29.3 Å². The Bertz CT molecular complexity index is 530. The summed E-state index contributed by atoms with van der Waals surface area (Å²) in [6, 6.07) is 5.65. The number of aliphatic carboxylic acids is 1. The van der Waals surface area contributed by atoms with Crippen molar-refractivity contribution in [1.29, 1.82) is 0 Å². The van der Waals surface area contributed by atoms with Gasteiger partial charge in [-0.05, 0) is 42.6 Å². The normalized spacial score (nSPS) is 17.6. The van der Waals surface area contributed by atoms with Crippen LogP contribution in [0.4, 0.5) is 0 Å². The van der Waals surface area contributed by atoms with Gasteiger partial charge in [-0.15, -0.1) is 0 Å². The minimum Gasteiger partial charge on any atom is -0.494 e. The molecule has 2 rings (SSSR count). The van der Waals surface area contributed by atoms with Gasteiger partial charge in [-0.3, -0.25) is 9.59 Å². The highest BCUT2D eigenvalue weighted by molar-refractivity contribution is 5.84. The third-order valence-electron chi connectivity index (χ3n) is 3.51. The number of fused-ring (bicyclic) bond motifs is 1. The predicted octanol–water partition coefficient (Wildman–Crippen LogP) is 0.677. The molecule has 0 fully saturated rings. The zero-order valence-corrected chi connectivity index (χ0v) is 11.8. The van der Waals surface area contributed by atoms with E-state index in [1.165, 1.54) is 0 Å². The van der Waals surface area contributed by atoms with Gasteiger partial charge in [0.15, 0.2) is 0 Å². The molecule has 1 atom stereocenters. The van der Waals surface area contributed by atoms with E-state index >= 15 is 0 Å². The number of rotatable bonds is 6. The molecule has 1 unspecified atom stereocenters. The maximum Gasteiger partial charge on any atom is 0.304 e.